The van der Waals surface area contributed by atoms with Crippen molar-refractivity contribution >= 4 is 22.6 Å². The Labute approximate surface area is 79.9 Å². The average Bonchev–Trinajstić information content (AvgIpc) is 2.30. The van der Waals surface area contributed by atoms with Crippen molar-refractivity contribution in [2.45, 2.75) is 19.9 Å². The Balaban J connectivity index is 3.00. The summed E-state index contributed by atoms with van der Waals surface area (Å²) < 4.78 is 8.07. The fourth-order valence-corrected chi connectivity index (χ4v) is 1.87. The molecular weight excluding hydrogens is 255 g/mol. The summed E-state index contributed by atoms with van der Waals surface area (Å²) in [5.74, 6) is 0.847. The molecule has 0 saturated carbocycles. The van der Waals surface area contributed by atoms with Crippen LogP contribution < -0.4 is 4.74 Å². The first-order valence-corrected chi connectivity index (χ1v) is 4.51. The van der Waals surface area contributed by atoms with E-state index in [4.69, 9.17) is 4.74 Å². The summed E-state index contributed by atoms with van der Waals surface area (Å²) in [6, 6.07) is 0.394. The number of halogens is 1. The first-order chi connectivity index (χ1) is 5.16. The van der Waals surface area contributed by atoms with Gasteiger partial charge >= 0.3 is 0 Å². The van der Waals surface area contributed by atoms with E-state index in [1.807, 2.05) is 4.68 Å². The van der Waals surface area contributed by atoms with Crippen LogP contribution in [0, 0.1) is 3.70 Å². The van der Waals surface area contributed by atoms with Gasteiger partial charge in [0.05, 0.1) is 13.3 Å². The highest BCUT2D eigenvalue weighted by molar-refractivity contribution is 14.1. The van der Waals surface area contributed by atoms with E-state index in [1.165, 1.54) is 0 Å². The van der Waals surface area contributed by atoms with Crippen LogP contribution in [0.15, 0.2) is 6.20 Å². The van der Waals surface area contributed by atoms with Gasteiger partial charge in [-0.3, -0.25) is 4.68 Å². The van der Waals surface area contributed by atoms with E-state index in [0.29, 0.717) is 6.04 Å². The third-order valence-electron chi connectivity index (χ3n) is 1.41. The van der Waals surface area contributed by atoms with Crippen LogP contribution in [0.2, 0.25) is 0 Å². The molecule has 0 spiro atoms. The normalized spacial score (nSPS) is 10.6. The summed E-state index contributed by atoms with van der Waals surface area (Å²) in [5, 5.41) is 4.17. The first kappa shape index (κ1) is 8.83. The van der Waals surface area contributed by atoms with Crippen molar-refractivity contribution in [1.82, 2.24) is 9.78 Å². The van der Waals surface area contributed by atoms with Crippen LogP contribution >= 0.6 is 22.6 Å². The van der Waals surface area contributed by atoms with Gasteiger partial charge in [0.2, 0.25) is 0 Å². The fourth-order valence-electron chi connectivity index (χ4n) is 0.828. The van der Waals surface area contributed by atoms with Gasteiger partial charge in [-0.2, -0.15) is 5.10 Å². The largest absolute Gasteiger partial charge is 0.492 e. The molecule has 0 unspecified atom stereocenters. The van der Waals surface area contributed by atoms with Gasteiger partial charge in [-0.25, -0.2) is 0 Å². The molecule has 0 saturated heterocycles. The molecule has 0 atom stereocenters. The molecule has 0 N–H and O–H groups in total. The fraction of sp³-hybridized carbons (Fsp3) is 0.571. The zero-order valence-electron chi connectivity index (χ0n) is 6.84. The van der Waals surface area contributed by atoms with Crippen LogP contribution in [-0.2, 0) is 0 Å². The van der Waals surface area contributed by atoms with E-state index in [1.54, 1.807) is 13.3 Å². The van der Waals surface area contributed by atoms with Gasteiger partial charge in [0.1, 0.15) is 3.70 Å². The summed E-state index contributed by atoms with van der Waals surface area (Å²) in [6.45, 7) is 4.18. The van der Waals surface area contributed by atoms with E-state index in [0.717, 1.165) is 9.45 Å². The lowest BCUT2D eigenvalue weighted by Crippen LogP contribution is -2.04. The molecule has 4 heteroatoms. The molecule has 0 fully saturated rings. The second-order valence-electron chi connectivity index (χ2n) is 2.54. The first-order valence-electron chi connectivity index (χ1n) is 3.43. The maximum atomic E-state index is 5.08. The maximum absolute atomic E-state index is 5.08. The van der Waals surface area contributed by atoms with Crippen molar-refractivity contribution in [1.29, 1.82) is 0 Å². The number of ether oxygens (including phenoxy) is 1. The average molecular weight is 266 g/mol. The minimum absolute atomic E-state index is 0.394. The number of aromatic nitrogens is 2. The molecule has 1 rings (SSSR count). The molecular formula is C7H11IN2O. The van der Waals surface area contributed by atoms with Gasteiger partial charge in [-0.05, 0) is 36.4 Å². The van der Waals surface area contributed by atoms with Gasteiger partial charge in [0.25, 0.3) is 0 Å². The van der Waals surface area contributed by atoms with Crippen molar-refractivity contribution in [3.8, 4) is 5.75 Å². The number of rotatable bonds is 2. The second-order valence-corrected chi connectivity index (χ2v) is 3.56. The summed E-state index contributed by atoms with van der Waals surface area (Å²) in [7, 11) is 1.66. The highest BCUT2D eigenvalue weighted by atomic mass is 127. The van der Waals surface area contributed by atoms with Gasteiger partial charge in [0, 0.05) is 6.04 Å². The molecule has 0 aliphatic carbocycles. The Hall–Kier alpha value is -0.260. The van der Waals surface area contributed by atoms with Crippen LogP contribution in [0.5, 0.6) is 5.75 Å². The Bertz CT molecular complexity index is 245. The summed E-state index contributed by atoms with van der Waals surface area (Å²) in [6.07, 6.45) is 1.74. The topological polar surface area (TPSA) is 27.1 Å². The van der Waals surface area contributed by atoms with Crippen LogP contribution in [0.4, 0.5) is 0 Å². The second kappa shape index (κ2) is 3.42. The lowest BCUT2D eigenvalue weighted by molar-refractivity contribution is 0.408. The van der Waals surface area contributed by atoms with E-state index in [-0.39, 0.29) is 0 Å². The molecule has 0 aliphatic rings. The molecule has 11 heavy (non-hydrogen) atoms. The summed E-state index contributed by atoms with van der Waals surface area (Å²) >= 11 is 2.23. The quantitative estimate of drug-likeness (QED) is 0.766. The van der Waals surface area contributed by atoms with E-state index < -0.39 is 0 Å². The van der Waals surface area contributed by atoms with E-state index in [9.17, 15) is 0 Å². The third-order valence-corrected chi connectivity index (χ3v) is 2.44. The van der Waals surface area contributed by atoms with Crippen molar-refractivity contribution in [3.05, 3.63) is 9.90 Å². The predicted octanol–water partition coefficient (Wildman–Crippen LogP) is 2.08. The van der Waals surface area contributed by atoms with Crippen molar-refractivity contribution in [2.75, 3.05) is 7.11 Å². The zero-order chi connectivity index (χ0) is 8.43. The van der Waals surface area contributed by atoms with Crippen molar-refractivity contribution in [2.24, 2.45) is 0 Å². The van der Waals surface area contributed by atoms with Gasteiger partial charge in [0.15, 0.2) is 5.75 Å². The Kier molecular flexibility index (Phi) is 2.75. The van der Waals surface area contributed by atoms with Crippen LogP contribution in [0.1, 0.15) is 19.9 Å². The molecule has 0 amide bonds. The minimum atomic E-state index is 0.394. The molecule has 1 aromatic rings. The summed E-state index contributed by atoms with van der Waals surface area (Å²) in [5.41, 5.74) is 0. The smallest absolute Gasteiger partial charge is 0.170 e. The minimum Gasteiger partial charge on any atom is -0.492 e. The standard InChI is InChI=1S/C7H11IN2O/c1-5(2)10-7(8)6(11-3)4-9-10/h4-5H,1-3H3. The Morgan fingerprint density at radius 3 is 2.55 bits per heavy atom. The van der Waals surface area contributed by atoms with Gasteiger partial charge in [-0.15, -0.1) is 0 Å². The molecule has 0 aliphatic heterocycles. The molecule has 0 bridgehead atoms. The van der Waals surface area contributed by atoms with Crippen LogP contribution in [-0.4, -0.2) is 16.9 Å². The van der Waals surface area contributed by atoms with Crippen LogP contribution in [0.3, 0.4) is 0 Å². The highest BCUT2D eigenvalue weighted by Gasteiger charge is 2.09. The molecule has 0 radical (unpaired) electrons. The molecule has 62 valence electrons. The zero-order valence-corrected chi connectivity index (χ0v) is 8.99. The SMILES string of the molecule is COc1cnn(C(C)C)c1I. The maximum Gasteiger partial charge on any atom is 0.170 e. The van der Waals surface area contributed by atoms with Crippen molar-refractivity contribution < 1.29 is 4.74 Å². The lowest BCUT2D eigenvalue weighted by atomic mass is 10.4. The van der Waals surface area contributed by atoms with Crippen LogP contribution in [0.25, 0.3) is 0 Å². The highest BCUT2D eigenvalue weighted by Crippen LogP contribution is 2.21. The molecule has 3 nitrogen and oxygen atoms in total. The Morgan fingerprint density at radius 1 is 1.64 bits per heavy atom. The lowest BCUT2D eigenvalue weighted by Gasteiger charge is -2.06. The third kappa shape index (κ3) is 1.66. The summed E-state index contributed by atoms with van der Waals surface area (Å²) in [4.78, 5) is 0. The van der Waals surface area contributed by atoms with E-state index in [2.05, 4.69) is 41.5 Å². The Morgan fingerprint density at radius 2 is 2.27 bits per heavy atom. The van der Waals surface area contributed by atoms with Crippen molar-refractivity contribution in [3.63, 3.8) is 0 Å². The molecule has 0 aromatic carbocycles. The number of nitrogens with zero attached hydrogens (tertiary/aromatic N) is 2. The number of hydrogen-bond acceptors (Lipinski definition) is 2. The number of hydrogen-bond donors (Lipinski definition) is 0. The van der Waals surface area contributed by atoms with Gasteiger partial charge in [-0.1, -0.05) is 0 Å². The predicted molar refractivity (Wildman–Crippen MR) is 51.9 cm³/mol. The number of methoxy groups -OCH3 is 1. The van der Waals surface area contributed by atoms with Gasteiger partial charge < -0.3 is 4.74 Å². The molecule has 1 aromatic heterocycles. The monoisotopic (exact) mass is 266 g/mol. The molecule has 1 heterocycles. The van der Waals surface area contributed by atoms with E-state index >= 15 is 0 Å².